The number of carbonyl (C=O) groups is 1. The molecule has 1 aromatic heterocycles. The summed E-state index contributed by atoms with van der Waals surface area (Å²) in [6.07, 6.45) is 1.58. The van der Waals surface area contributed by atoms with Crippen LogP contribution in [0.15, 0.2) is 47.4 Å². The van der Waals surface area contributed by atoms with Crippen molar-refractivity contribution in [3.8, 4) is 6.07 Å². The van der Waals surface area contributed by atoms with Crippen molar-refractivity contribution in [2.75, 3.05) is 0 Å². The van der Waals surface area contributed by atoms with Gasteiger partial charge in [-0.1, -0.05) is 30.3 Å². The van der Waals surface area contributed by atoms with E-state index < -0.39 is 5.97 Å². The molecule has 2 aromatic rings. The lowest BCUT2D eigenvalue weighted by atomic mass is 10.2. The van der Waals surface area contributed by atoms with Gasteiger partial charge >= 0.3 is 5.97 Å². The highest BCUT2D eigenvalue weighted by Gasteiger charge is 2.12. The van der Waals surface area contributed by atoms with Gasteiger partial charge in [0.25, 0.3) is 0 Å². The zero-order chi connectivity index (χ0) is 14.4. The second kappa shape index (κ2) is 6.69. The second-order valence-corrected chi connectivity index (χ2v) is 5.15. The van der Waals surface area contributed by atoms with E-state index in [1.807, 2.05) is 54.8 Å². The van der Waals surface area contributed by atoms with Gasteiger partial charge in [-0.15, -0.1) is 11.3 Å². The summed E-state index contributed by atoms with van der Waals surface area (Å²) >= 11 is 1.49. The molecule has 0 unspecified atom stereocenters. The summed E-state index contributed by atoms with van der Waals surface area (Å²) in [7, 11) is 0. The minimum Gasteiger partial charge on any atom is -0.457 e. The first-order chi connectivity index (χ1) is 9.70. The Balaban J connectivity index is 2.05. The lowest BCUT2D eigenvalue weighted by Crippen LogP contribution is -2.06. The summed E-state index contributed by atoms with van der Waals surface area (Å²) in [6.45, 7) is 2.11. The normalized spacial score (nSPS) is 10.9. The van der Waals surface area contributed by atoms with Crippen LogP contribution in [0, 0.1) is 18.3 Å². The molecule has 4 heteroatoms. The van der Waals surface area contributed by atoms with Crippen LogP contribution in [-0.4, -0.2) is 5.97 Å². The molecule has 100 valence electrons. The predicted molar refractivity (Wildman–Crippen MR) is 78.9 cm³/mol. The van der Waals surface area contributed by atoms with Crippen molar-refractivity contribution in [1.29, 1.82) is 5.26 Å². The number of hydrogen-bond acceptors (Lipinski definition) is 4. The molecule has 1 heterocycles. The Morgan fingerprint density at radius 2 is 2.10 bits per heavy atom. The van der Waals surface area contributed by atoms with E-state index in [0.717, 1.165) is 16.0 Å². The third-order valence-corrected chi connectivity index (χ3v) is 3.70. The molecule has 0 aliphatic rings. The molecule has 0 saturated heterocycles. The average molecular weight is 283 g/mol. The van der Waals surface area contributed by atoms with Gasteiger partial charge in [0.05, 0.1) is 0 Å². The number of nitrogens with zero attached hydrogens (tertiary/aromatic N) is 1. The van der Waals surface area contributed by atoms with Gasteiger partial charge in [0.15, 0.2) is 0 Å². The van der Waals surface area contributed by atoms with Gasteiger partial charge in [-0.25, -0.2) is 4.79 Å². The highest BCUT2D eigenvalue weighted by molar-refractivity contribution is 7.11. The summed E-state index contributed by atoms with van der Waals surface area (Å²) in [5.41, 5.74) is 1.95. The summed E-state index contributed by atoms with van der Waals surface area (Å²) in [4.78, 5) is 12.8. The molecule has 0 radical (unpaired) electrons. The van der Waals surface area contributed by atoms with Gasteiger partial charge < -0.3 is 4.74 Å². The Bertz CT molecular complexity index is 665. The first-order valence-electron chi connectivity index (χ1n) is 6.07. The number of esters is 1. The first kappa shape index (κ1) is 14.0. The van der Waals surface area contributed by atoms with E-state index in [1.165, 1.54) is 11.3 Å². The molecule has 0 spiro atoms. The highest BCUT2D eigenvalue weighted by atomic mass is 32.1. The topological polar surface area (TPSA) is 50.1 Å². The van der Waals surface area contributed by atoms with Crippen molar-refractivity contribution >= 4 is 23.4 Å². The largest absolute Gasteiger partial charge is 0.457 e. The molecule has 0 fully saturated rings. The van der Waals surface area contributed by atoms with Gasteiger partial charge in [0.1, 0.15) is 18.2 Å². The van der Waals surface area contributed by atoms with Crippen LogP contribution in [0.25, 0.3) is 6.08 Å². The summed E-state index contributed by atoms with van der Waals surface area (Å²) in [6, 6.07) is 13.2. The van der Waals surface area contributed by atoms with Crippen LogP contribution in [0.4, 0.5) is 0 Å². The maximum Gasteiger partial charge on any atom is 0.349 e. The van der Waals surface area contributed by atoms with Crippen molar-refractivity contribution in [3.63, 3.8) is 0 Å². The van der Waals surface area contributed by atoms with Crippen molar-refractivity contribution in [2.24, 2.45) is 0 Å². The average Bonchev–Trinajstić information content (AvgIpc) is 2.88. The van der Waals surface area contributed by atoms with E-state index in [1.54, 1.807) is 6.08 Å². The van der Waals surface area contributed by atoms with Gasteiger partial charge in [0, 0.05) is 4.88 Å². The van der Waals surface area contributed by atoms with E-state index in [4.69, 9.17) is 10.00 Å². The molecule has 0 amide bonds. The van der Waals surface area contributed by atoms with Crippen molar-refractivity contribution in [1.82, 2.24) is 0 Å². The zero-order valence-electron chi connectivity index (χ0n) is 11.0. The molecule has 0 aliphatic carbocycles. The minimum atomic E-state index is -0.593. The van der Waals surface area contributed by atoms with E-state index in [9.17, 15) is 4.79 Å². The number of thiophene rings is 1. The van der Waals surface area contributed by atoms with E-state index in [-0.39, 0.29) is 12.2 Å². The number of aryl methyl sites for hydroxylation is 1. The fourth-order valence-electron chi connectivity index (χ4n) is 1.60. The van der Waals surface area contributed by atoms with Crippen LogP contribution in [0.5, 0.6) is 0 Å². The standard InChI is InChI=1S/C16H13NO2S/c1-12-7-8-20-15(12)9-14(10-17)16(18)19-11-13-5-3-2-4-6-13/h2-9H,11H2,1H3. The van der Waals surface area contributed by atoms with Crippen LogP contribution in [-0.2, 0) is 16.1 Å². The Kier molecular flexibility index (Phi) is 4.70. The smallest absolute Gasteiger partial charge is 0.349 e. The molecule has 0 N–H and O–H groups in total. The molecule has 0 saturated carbocycles. The number of nitriles is 1. The Morgan fingerprint density at radius 3 is 2.70 bits per heavy atom. The monoisotopic (exact) mass is 283 g/mol. The Labute approximate surface area is 121 Å². The number of rotatable bonds is 4. The molecule has 2 rings (SSSR count). The molecular formula is C16H13NO2S. The van der Waals surface area contributed by atoms with Crippen LogP contribution in [0.3, 0.4) is 0 Å². The van der Waals surface area contributed by atoms with Crippen molar-refractivity contribution < 1.29 is 9.53 Å². The maximum absolute atomic E-state index is 11.9. The summed E-state index contributed by atoms with van der Waals surface area (Å²) in [5, 5.41) is 11.0. The fourth-order valence-corrected chi connectivity index (χ4v) is 2.46. The van der Waals surface area contributed by atoms with Crippen LogP contribution in [0.2, 0.25) is 0 Å². The van der Waals surface area contributed by atoms with E-state index >= 15 is 0 Å². The van der Waals surface area contributed by atoms with E-state index in [0.29, 0.717) is 0 Å². The van der Waals surface area contributed by atoms with Gasteiger partial charge in [-0.05, 0) is 35.6 Å². The predicted octanol–water partition coefficient (Wildman–Crippen LogP) is 3.71. The number of carbonyl (C=O) groups excluding carboxylic acids is 1. The minimum absolute atomic E-state index is 0.0199. The summed E-state index contributed by atoms with van der Waals surface area (Å²) < 4.78 is 5.14. The second-order valence-electron chi connectivity index (χ2n) is 4.20. The summed E-state index contributed by atoms with van der Waals surface area (Å²) in [5.74, 6) is -0.593. The number of ether oxygens (including phenoxy) is 1. The molecule has 3 nitrogen and oxygen atoms in total. The molecule has 20 heavy (non-hydrogen) atoms. The molecule has 1 aromatic carbocycles. The number of benzene rings is 1. The van der Waals surface area contributed by atoms with Crippen LogP contribution < -0.4 is 0 Å². The number of hydrogen-bond donors (Lipinski definition) is 0. The quantitative estimate of drug-likeness (QED) is 0.488. The molecule has 0 aliphatic heterocycles. The van der Waals surface area contributed by atoms with Crippen LogP contribution in [0.1, 0.15) is 16.0 Å². The third kappa shape index (κ3) is 3.56. The van der Waals surface area contributed by atoms with E-state index in [2.05, 4.69) is 0 Å². The SMILES string of the molecule is Cc1ccsc1C=C(C#N)C(=O)OCc1ccccc1. The zero-order valence-corrected chi connectivity index (χ0v) is 11.8. The van der Waals surface area contributed by atoms with Crippen molar-refractivity contribution in [3.05, 3.63) is 63.4 Å². The maximum atomic E-state index is 11.9. The first-order valence-corrected chi connectivity index (χ1v) is 6.95. The lowest BCUT2D eigenvalue weighted by Gasteiger charge is -2.03. The van der Waals surface area contributed by atoms with Crippen LogP contribution >= 0.6 is 11.3 Å². The molecule has 0 atom stereocenters. The van der Waals surface area contributed by atoms with Gasteiger partial charge in [-0.2, -0.15) is 5.26 Å². The van der Waals surface area contributed by atoms with Gasteiger partial charge in [0.2, 0.25) is 0 Å². The third-order valence-electron chi connectivity index (χ3n) is 2.73. The fraction of sp³-hybridized carbons (Fsp3) is 0.125. The molecule has 0 bridgehead atoms. The lowest BCUT2D eigenvalue weighted by molar-refractivity contribution is -0.139. The Hall–Kier alpha value is -2.38. The van der Waals surface area contributed by atoms with Crippen molar-refractivity contribution in [2.45, 2.75) is 13.5 Å². The Morgan fingerprint density at radius 1 is 1.35 bits per heavy atom. The molecular weight excluding hydrogens is 270 g/mol. The van der Waals surface area contributed by atoms with Gasteiger partial charge in [-0.3, -0.25) is 0 Å². The highest BCUT2D eigenvalue weighted by Crippen LogP contribution is 2.19.